The van der Waals surface area contributed by atoms with Gasteiger partial charge < -0.3 is 9.64 Å². The van der Waals surface area contributed by atoms with Crippen LogP contribution in [0.3, 0.4) is 0 Å². The number of piperazine rings is 1. The van der Waals surface area contributed by atoms with Crippen LogP contribution in [-0.4, -0.2) is 46.8 Å². The summed E-state index contributed by atoms with van der Waals surface area (Å²) >= 11 is 1.73. The van der Waals surface area contributed by atoms with E-state index in [1.165, 1.54) is 23.1 Å². The lowest BCUT2D eigenvalue weighted by Crippen LogP contribution is -2.48. The van der Waals surface area contributed by atoms with Gasteiger partial charge in [0.2, 0.25) is 0 Å². The quantitative estimate of drug-likeness (QED) is 0.434. The molecule has 0 saturated carbocycles. The van der Waals surface area contributed by atoms with E-state index in [2.05, 4.69) is 16.3 Å². The summed E-state index contributed by atoms with van der Waals surface area (Å²) < 4.78 is 5.87. The highest BCUT2D eigenvalue weighted by atomic mass is 32.1. The van der Waals surface area contributed by atoms with Crippen LogP contribution < -0.4 is 4.74 Å². The number of amides is 1. The molecule has 3 aromatic rings. The molecule has 30 heavy (non-hydrogen) atoms. The maximum atomic E-state index is 13.2. The van der Waals surface area contributed by atoms with E-state index in [-0.39, 0.29) is 17.2 Å². The monoisotopic (exact) mass is 423 g/mol. The number of thiophene rings is 1. The van der Waals surface area contributed by atoms with Gasteiger partial charge in [-0.2, -0.15) is 0 Å². The lowest BCUT2D eigenvalue weighted by Gasteiger charge is -2.34. The van der Waals surface area contributed by atoms with Crippen LogP contribution in [-0.2, 0) is 6.54 Å². The molecule has 4 rings (SSSR count). The van der Waals surface area contributed by atoms with E-state index in [9.17, 15) is 14.9 Å². The van der Waals surface area contributed by atoms with Crippen molar-refractivity contribution in [3.63, 3.8) is 0 Å². The molecule has 0 aliphatic carbocycles. The molecule has 1 aliphatic heterocycles. The number of nitro groups is 1. The topological polar surface area (TPSA) is 75.9 Å². The Labute approximate surface area is 178 Å². The number of rotatable bonds is 6. The van der Waals surface area contributed by atoms with Crippen LogP contribution in [0.4, 0.5) is 5.69 Å². The van der Waals surface area contributed by atoms with Crippen molar-refractivity contribution in [2.24, 2.45) is 0 Å². The largest absolute Gasteiger partial charge is 0.457 e. The minimum absolute atomic E-state index is 0.130. The molecule has 2 heterocycles. The molecule has 0 unspecified atom stereocenters. The molecule has 8 heteroatoms. The van der Waals surface area contributed by atoms with E-state index < -0.39 is 4.92 Å². The predicted octanol–water partition coefficient (Wildman–Crippen LogP) is 4.41. The van der Waals surface area contributed by atoms with Gasteiger partial charge in [0.15, 0.2) is 0 Å². The maximum absolute atomic E-state index is 13.2. The highest BCUT2D eigenvalue weighted by Gasteiger charge is 2.26. The lowest BCUT2D eigenvalue weighted by atomic mass is 10.1. The van der Waals surface area contributed by atoms with E-state index in [0.717, 1.165) is 19.6 Å². The summed E-state index contributed by atoms with van der Waals surface area (Å²) in [5.41, 5.74) is 0.0786. The van der Waals surface area contributed by atoms with Gasteiger partial charge in [-0.15, -0.1) is 11.3 Å². The van der Waals surface area contributed by atoms with Crippen molar-refractivity contribution in [2.45, 2.75) is 6.54 Å². The summed E-state index contributed by atoms with van der Waals surface area (Å²) in [6.07, 6.45) is 0. The van der Waals surface area contributed by atoms with Crippen molar-refractivity contribution in [1.29, 1.82) is 0 Å². The number of hydrogen-bond acceptors (Lipinski definition) is 6. The third kappa shape index (κ3) is 4.67. The molecular formula is C22H21N3O4S. The van der Waals surface area contributed by atoms with Crippen LogP contribution in [0.25, 0.3) is 0 Å². The second kappa shape index (κ2) is 9.06. The summed E-state index contributed by atoms with van der Waals surface area (Å²) in [4.78, 5) is 29.3. The third-order valence-corrected chi connectivity index (χ3v) is 5.86. The molecule has 1 aliphatic rings. The van der Waals surface area contributed by atoms with Gasteiger partial charge in [0.05, 0.1) is 10.5 Å². The number of carbonyl (C=O) groups excluding carboxylic acids is 1. The Morgan fingerprint density at radius 3 is 2.47 bits per heavy atom. The molecule has 0 atom stereocenters. The molecule has 0 spiro atoms. The first-order chi connectivity index (χ1) is 14.6. The van der Waals surface area contributed by atoms with Gasteiger partial charge in [0.25, 0.3) is 11.6 Å². The number of nitro benzene ring substituents is 1. The second-order valence-corrected chi connectivity index (χ2v) is 8.03. The highest BCUT2D eigenvalue weighted by Crippen LogP contribution is 2.30. The summed E-state index contributed by atoms with van der Waals surface area (Å²) in [5, 5.41) is 13.3. The van der Waals surface area contributed by atoms with Crippen molar-refractivity contribution >= 4 is 22.9 Å². The Balaban J connectivity index is 1.50. The average molecular weight is 423 g/mol. The minimum atomic E-state index is -0.498. The molecule has 1 saturated heterocycles. The van der Waals surface area contributed by atoms with Crippen molar-refractivity contribution in [1.82, 2.24) is 9.80 Å². The van der Waals surface area contributed by atoms with E-state index in [1.807, 2.05) is 24.3 Å². The summed E-state index contributed by atoms with van der Waals surface area (Å²) in [6, 6.07) is 17.4. The van der Waals surface area contributed by atoms with Gasteiger partial charge >= 0.3 is 0 Å². The van der Waals surface area contributed by atoms with Crippen molar-refractivity contribution in [2.75, 3.05) is 26.2 Å². The standard InChI is InChI=1S/C22H21N3O4S/c26-22(24-12-10-23(11-13-24)16-19-7-4-14-30-19)20-15-17(25(27)28)8-9-21(20)29-18-5-2-1-3-6-18/h1-9,14-15H,10-13,16H2. The fourth-order valence-corrected chi connectivity index (χ4v) is 4.15. The minimum Gasteiger partial charge on any atom is -0.457 e. The molecule has 0 N–H and O–H groups in total. The van der Waals surface area contributed by atoms with E-state index >= 15 is 0 Å². The number of carbonyl (C=O) groups is 1. The van der Waals surface area contributed by atoms with Crippen LogP contribution in [0, 0.1) is 10.1 Å². The number of benzene rings is 2. The molecule has 1 amide bonds. The molecule has 1 fully saturated rings. The average Bonchev–Trinajstić information content (AvgIpc) is 3.28. The van der Waals surface area contributed by atoms with Gasteiger partial charge in [0, 0.05) is 49.7 Å². The van der Waals surface area contributed by atoms with E-state index in [0.29, 0.717) is 24.6 Å². The Morgan fingerprint density at radius 1 is 1.03 bits per heavy atom. The summed E-state index contributed by atoms with van der Waals surface area (Å²) in [6.45, 7) is 3.52. The normalized spacial score (nSPS) is 14.5. The van der Waals surface area contributed by atoms with Crippen molar-refractivity contribution in [3.8, 4) is 11.5 Å². The molecule has 7 nitrogen and oxygen atoms in total. The van der Waals surface area contributed by atoms with Crippen LogP contribution in [0.5, 0.6) is 11.5 Å². The van der Waals surface area contributed by atoms with Gasteiger partial charge in [-0.05, 0) is 29.6 Å². The van der Waals surface area contributed by atoms with Crippen molar-refractivity contribution < 1.29 is 14.5 Å². The van der Waals surface area contributed by atoms with Crippen LogP contribution in [0.2, 0.25) is 0 Å². The van der Waals surface area contributed by atoms with Crippen LogP contribution in [0.1, 0.15) is 15.2 Å². The Bertz CT molecular complexity index is 1020. The van der Waals surface area contributed by atoms with Gasteiger partial charge in [0.1, 0.15) is 11.5 Å². The smallest absolute Gasteiger partial charge is 0.270 e. The SMILES string of the molecule is O=C(c1cc([N+](=O)[O-])ccc1Oc1ccccc1)N1CCN(Cc2cccs2)CC1. The zero-order chi connectivity index (χ0) is 20.9. The molecule has 1 aromatic heterocycles. The maximum Gasteiger partial charge on any atom is 0.270 e. The fourth-order valence-electron chi connectivity index (χ4n) is 3.41. The Kier molecular flexibility index (Phi) is 6.06. The highest BCUT2D eigenvalue weighted by molar-refractivity contribution is 7.09. The van der Waals surface area contributed by atoms with Gasteiger partial charge in [-0.3, -0.25) is 19.8 Å². The zero-order valence-corrected chi connectivity index (χ0v) is 17.1. The predicted molar refractivity (Wildman–Crippen MR) is 115 cm³/mol. The molecule has 2 aromatic carbocycles. The number of para-hydroxylation sites is 1. The number of nitrogens with zero attached hydrogens (tertiary/aromatic N) is 3. The number of non-ortho nitro benzene ring substituents is 1. The third-order valence-electron chi connectivity index (χ3n) is 4.99. The Morgan fingerprint density at radius 2 is 1.80 bits per heavy atom. The Hall–Kier alpha value is -3.23. The first-order valence-corrected chi connectivity index (χ1v) is 10.5. The van der Waals surface area contributed by atoms with Crippen LogP contribution >= 0.6 is 11.3 Å². The first-order valence-electron chi connectivity index (χ1n) is 9.65. The number of ether oxygens (including phenoxy) is 1. The summed E-state index contributed by atoms with van der Waals surface area (Å²) in [7, 11) is 0. The zero-order valence-electron chi connectivity index (χ0n) is 16.3. The van der Waals surface area contributed by atoms with Crippen molar-refractivity contribution in [3.05, 3.63) is 86.6 Å². The molecule has 0 bridgehead atoms. The molecular weight excluding hydrogens is 402 g/mol. The van der Waals surface area contributed by atoms with E-state index in [1.54, 1.807) is 28.4 Å². The van der Waals surface area contributed by atoms with E-state index in [4.69, 9.17) is 4.74 Å². The van der Waals surface area contributed by atoms with Crippen LogP contribution in [0.15, 0.2) is 66.0 Å². The number of hydrogen-bond donors (Lipinski definition) is 0. The molecule has 154 valence electrons. The van der Waals surface area contributed by atoms with Gasteiger partial charge in [-0.25, -0.2) is 0 Å². The fraction of sp³-hybridized carbons (Fsp3) is 0.227. The molecule has 0 radical (unpaired) electrons. The summed E-state index contributed by atoms with van der Waals surface area (Å²) in [5.74, 6) is 0.638. The lowest BCUT2D eigenvalue weighted by molar-refractivity contribution is -0.384. The first kappa shape index (κ1) is 20.1. The van der Waals surface area contributed by atoms with Gasteiger partial charge in [-0.1, -0.05) is 24.3 Å². The second-order valence-electron chi connectivity index (χ2n) is 7.00.